The summed E-state index contributed by atoms with van der Waals surface area (Å²) in [5.41, 5.74) is 0. The molecule has 0 radical (unpaired) electrons. The van der Waals surface area contributed by atoms with Gasteiger partial charge in [-0.15, -0.1) is 0 Å². The number of aromatic nitrogens is 2. The molecule has 1 N–H and O–H groups in total. The molecule has 3 rings (SSSR count). The molecule has 0 bridgehead atoms. The van der Waals surface area contributed by atoms with Crippen LogP contribution in [0.25, 0.3) is 0 Å². The lowest BCUT2D eigenvalue weighted by molar-refractivity contribution is 0.143. The summed E-state index contributed by atoms with van der Waals surface area (Å²) in [7, 11) is 1.68. The molecule has 0 unspecified atom stereocenters. The third-order valence-corrected chi connectivity index (χ3v) is 4.16. The van der Waals surface area contributed by atoms with Gasteiger partial charge in [0, 0.05) is 25.1 Å². The van der Waals surface area contributed by atoms with Gasteiger partial charge in [0.1, 0.15) is 18.2 Å². The lowest BCUT2D eigenvalue weighted by Gasteiger charge is -2.23. The van der Waals surface area contributed by atoms with Crippen LogP contribution in [0.4, 0.5) is 5.82 Å². The number of hydrogen-bond donors (Lipinski definition) is 1. The molecule has 21 heavy (non-hydrogen) atoms. The van der Waals surface area contributed by atoms with Crippen LogP contribution in [-0.4, -0.2) is 36.3 Å². The van der Waals surface area contributed by atoms with Crippen molar-refractivity contribution in [3.63, 3.8) is 0 Å². The topological polar surface area (TPSA) is 56.3 Å². The maximum absolute atomic E-state index is 5.68. The second kappa shape index (κ2) is 7.07. The van der Waals surface area contributed by atoms with Gasteiger partial charge in [-0.2, -0.15) is 4.98 Å². The van der Waals surface area contributed by atoms with Crippen LogP contribution in [0.5, 0.6) is 5.88 Å². The molecule has 1 aromatic heterocycles. The molecular formula is C16H25N3O2. The molecule has 0 aliphatic heterocycles. The van der Waals surface area contributed by atoms with Crippen LogP contribution in [0, 0.1) is 0 Å². The summed E-state index contributed by atoms with van der Waals surface area (Å²) in [5.74, 6) is 3.06. The number of rotatable bonds is 7. The standard InChI is InChI=1S/C16H25N3O2/c1-20-9-10-21-15-11-14(17-13-5-3-2-4-6-13)18-16(19-15)12-7-8-12/h11-13H,2-10H2,1H3,(H,17,18,19). The average Bonchev–Trinajstić information content (AvgIpc) is 3.33. The van der Waals surface area contributed by atoms with Crippen molar-refractivity contribution in [3.05, 3.63) is 11.9 Å². The molecule has 2 saturated carbocycles. The van der Waals surface area contributed by atoms with Gasteiger partial charge < -0.3 is 14.8 Å². The molecule has 5 heteroatoms. The Morgan fingerprint density at radius 2 is 1.90 bits per heavy atom. The van der Waals surface area contributed by atoms with Crippen molar-refractivity contribution < 1.29 is 9.47 Å². The summed E-state index contributed by atoms with van der Waals surface area (Å²) < 4.78 is 10.7. The zero-order valence-corrected chi connectivity index (χ0v) is 12.8. The molecule has 2 aliphatic rings. The van der Waals surface area contributed by atoms with Gasteiger partial charge in [-0.3, -0.25) is 0 Å². The molecule has 116 valence electrons. The van der Waals surface area contributed by atoms with Crippen LogP contribution in [0.1, 0.15) is 56.7 Å². The van der Waals surface area contributed by atoms with Crippen molar-refractivity contribution in [3.8, 4) is 5.88 Å². The van der Waals surface area contributed by atoms with Crippen molar-refractivity contribution in [1.82, 2.24) is 9.97 Å². The normalized spacial score (nSPS) is 19.5. The van der Waals surface area contributed by atoms with Crippen molar-refractivity contribution in [2.45, 2.75) is 56.9 Å². The summed E-state index contributed by atoms with van der Waals surface area (Å²) in [6.45, 7) is 1.11. The van der Waals surface area contributed by atoms with Gasteiger partial charge in [0.05, 0.1) is 6.61 Å². The number of methoxy groups -OCH3 is 1. The Balaban J connectivity index is 1.68. The van der Waals surface area contributed by atoms with E-state index < -0.39 is 0 Å². The lowest BCUT2D eigenvalue weighted by Crippen LogP contribution is -2.23. The number of nitrogens with zero attached hydrogens (tertiary/aromatic N) is 2. The third-order valence-electron chi connectivity index (χ3n) is 4.16. The van der Waals surface area contributed by atoms with E-state index in [0.717, 1.165) is 11.6 Å². The van der Waals surface area contributed by atoms with Crippen molar-refractivity contribution in [2.24, 2.45) is 0 Å². The Labute approximate surface area is 126 Å². The molecule has 0 saturated heterocycles. The van der Waals surface area contributed by atoms with E-state index in [-0.39, 0.29) is 0 Å². The van der Waals surface area contributed by atoms with E-state index in [9.17, 15) is 0 Å². The molecular weight excluding hydrogens is 266 g/mol. The lowest BCUT2D eigenvalue weighted by atomic mass is 9.95. The van der Waals surface area contributed by atoms with Crippen molar-refractivity contribution in [2.75, 3.05) is 25.6 Å². The Morgan fingerprint density at radius 1 is 1.10 bits per heavy atom. The first-order chi connectivity index (χ1) is 10.3. The highest BCUT2D eigenvalue weighted by atomic mass is 16.5. The Hall–Kier alpha value is -1.36. The SMILES string of the molecule is COCCOc1cc(NC2CCCCC2)nc(C2CC2)n1. The molecule has 2 aliphatic carbocycles. The zero-order valence-electron chi connectivity index (χ0n) is 12.8. The first kappa shape index (κ1) is 14.6. The molecule has 0 amide bonds. The first-order valence-corrected chi connectivity index (χ1v) is 8.12. The van der Waals surface area contributed by atoms with Gasteiger partial charge in [0.15, 0.2) is 0 Å². The average molecular weight is 291 g/mol. The van der Waals surface area contributed by atoms with Crippen LogP contribution < -0.4 is 10.1 Å². The predicted molar refractivity (Wildman–Crippen MR) is 81.9 cm³/mol. The first-order valence-electron chi connectivity index (χ1n) is 8.12. The van der Waals surface area contributed by atoms with Crippen LogP contribution in [0.3, 0.4) is 0 Å². The van der Waals surface area contributed by atoms with E-state index in [0.29, 0.717) is 31.1 Å². The minimum Gasteiger partial charge on any atom is -0.475 e. The van der Waals surface area contributed by atoms with E-state index in [4.69, 9.17) is 9.47 Å². The highest BCUT2D eigenvalue weighted by molar-refractivity contribution is 5.40. The van der Waals surface area contributed by atoms with Crippen LogP contribution >= 0.6 is 0 Å². The smallest absolute Gasteiger partial charge is 0.218 e. The van der Waals surface area contributed by atoms with Gasteiger partial charge in [0.25, 0.3) is 0 Å². The van der Waals surface area contributed by atoms with Gasteiger partial charge in [-0.25, -0.2) is 4.98 Å². The second-order valence-electron chi connectivity index (χ2n) is 6.04. The van der Waals surface area contributed by atoms with Gasteiger partial charge >= 0.3 is 0 Å². The van der Waals surface area contributed by atoms with E-state index in [1.165, 1.54) is 44.9 Å². The van der Waals surface area contributed by atoms with E-state index in [1.807, 2.05) is 6.07 Å². The second-order valence-corrected chi connectivity index (χ2v) is 6.04. The molecule has 5 nitrogen and oxygen atoms in total. The largest absolute Gasteiger partial charge is 0.475 e. The summed E-state index contributed by atoms with van der Waals surface area (Å²) >= 11 is 0. The summed E-state index contributed by atoms with van der Waals surface area (Å²) in [6, 6.07) is 2.48. The molecule has 0 spiro atoms. The van der Waals surface area contributed by atoms with Crippen molar-refractivity contribution in [1.29, 1.82) is 0 Å². The number of nitrogens with one attached hydrogen (secondary N) is 1. The van der Waals surface area contributed by atoms with Gasteiger partial charge in [-0.1, -0.05) is 19.3 Å². The fourth-order valence-corrected chi connectivity index (χ4v) is 2.80. The molecule has 0 atom stereocenters. The van der Waals surface area contributed by atoms with E-state index in [2.05, 4.69) is 15.3 Å². The quantitative estimate of drug-likeness (QED) is 0.782. The summed E-state index contributed by atoms with van der Waals surface area (Å²) in [4.78, 5) is 9.22. The van der Waals surface area contributed by atoms with Crippen LogP contribution in [-0.2, 0) is 4.74 Å². The fraction of sp³-hybridized carbons (Fsp3) is 0.750. The Morgan fingerprint density at radius 3 is 2.62 bits per heavy atom. The van der Waals surface area contributed by atoms with Crippen molar-refractivity contribution >= 4 is 5.82 Å². The monoisotopic (exact) mass is 291 g/mol. The maximum atomic E-state index is 5.68. The Kier molecular flexibility index (Phi) is 4.91. The molecule has 1 aromatic rings. The predicted octanol–water partition coefficient (Wildman–Crippen LogP) is 3.12. The molecule has 0 aromatic carbocycles. The summed E-state index contributed by atoms with van der Waals surface area (Å²) in [6.07, 6.45) is 8.87. The number of anilines is 1. The van der Waals surface area contributed by atoms with Gasteiger partial charge in [0.2, 0.25) is 5.88 Å². The fourth-order valence-electron chi connectivity index (χ4n) is 2.80. The summed E-state index contributed by atoms with van der Waals surface area (Å²) in [5, 5.41) is 3.57. The van der Waals surface area contributed by atoms with E-state index in [1.54, 1.807) is 7.11 Å². The van der Waals surface area contributed by atoms with Crippen LogP contribution in [0.15, 0.2) is 6.07 Å². The molecule has 1 heterocycles. The van der Waals surface area contributed by atoms with Crippen LogP contribution in [0.2, 0.25) is 0 Å². The van der Waals surface area contributed by atoms with Gasteiger partial charge in [-0.05, 0) is 25.7 Å². The number of ether oxygens (including phenoxy) is 2. The highest BCUT2D eigenvalue weighted by Gasteiger charge is 2.28. The Bertz CT molecular complexity index is 457. The zero-order chi connectivity index (χ0) is 14.5. The third kappa shape index (κ3) is 4.30. The minimum atomic E-state index is 0.528. The number of hydrogen-bond acceptors (Lipinski definition) is 5. The van der Waals surface area contributed by atoms with E-state index >= 15 is 0 Å². The highest BCUT2D eigenvalue weighted by Crippen LogP contribution is 2.39. The minimum absolute atomic E-state index is 0.528. The maximum Gasteiger partial charge on any atom is 0.218 e. The molecule has 2 fully saturated rings.